The first-order chi connectivity index (χ1) is 8.21. The zero-order chi connectivity index (χ0) is 12.7. The summed E-state index contributed by atoms with van der Waals surface area (Å²) < 4.78 is 5.06. The van der Waals surface area contributed by atoms with Crippen LogP contribution in [0.25, 0.3) is 0 Å². The molecule has 6 nitrogen and oxygen atoms in total. The number of likely N-dealkylation sites (N-methyl/N-ethyl adjacent to an activating group) is 1. The van der Waals surface area contributed by atoms with Gasteiger partial charge in [-0.25, -0.2) is 0 Å². The van der Waals surface area contributed by atoms with E-state index < -0.39 is 0 Å². The minimum atomic E-state index is -0.366. The Labute approximate surface area is 102 Å². The third-order valence-corrected chi connectivity index (χ3v) is 2.79. The lowest BCUT2D eigenvalue weighted by atomic mass is 10.2. The third-order valence-electron chi connectivity index (χ3n) is 2.79. The van der Waals surface area contributed by atoms with E-state index in [4.69, 9.17) is 15.4 Å². The molecule has 6 heteroatoms. The lowest BCUT2D eigenvalue weighted by Crippen LogP contribution is -2.25. The number of aliphatic hydroxyl groups excluding tert-OH is 1. The summed E-state index contributed by atoms with van der Waals surface area (Å²) in [6.45, 7) is 7.24. The lowest BCUT2D eigenvalue weighted by molar-refractivity contribution is 0.258. The summed E-state index contributed by atoms with van der Waals surface area (Å²) in [7, 11) is 0. The molecule has 0 aliphatic heterocycles. The van der Waals surface area contributed by atoms with Gasteiger partial charge in [-0.05, 0) is 19.5 Å². The number of aliphatic hydroxyl groups is 1. The number of rotatable bonds is 8. The Kier molecular flexibility index (Phi) is 6.10. The molecule has 0 aromatic carbocycles. The quantitative estimate of drug-likeness (QED) is 0.683. The smallest absolute Gasteiger partial charge is 0.243 e. The number of nitrogens with two attached hydrogens (primary N) is 1. The predicted octanol–water partition coefficient (Wildman–Crippen LogP) is 0.336. The molecule has 1 aromatic rings. The van der Waals surface area contributed by atoms with Crippen molar-refractivity contribution >= 4 is 0 Å². The van der Waals surface area contributed by atoms with E-state index in [1.807, 2.05) is 0 Å². The molecule has 1 rings (SSSR count). The summed E-state index contributed by atoms with van der Waals surface area (Å²) in [6, 6.07) is -0.366. The normalized spacial score (nSPS) is 13.2. The van der Waals surface area contributed by atoms with E-state index in [9.17, 15) is 0 Å². The van der Waals surface area contributed by atoms with Crippen molar-refractivity contribution in [2.24, 2.45) is 5.73 Å². The van der Waals surface area contributed by atoms with E-state index in [0.717, 1.165) is 26.1 Å². The molecule has 1 aromatic heterocycles. The van der Waals surface area contributed by atoms with E-state index in [-0.39, 0.29) is 12.6 Å². The highest BCUT2D eigenvalue weighted by atomic mass is 16.5. The molecule has 17 heavy (non-hydrogen) atoms. The average molecular weight is 242 g/mol. The maximum absolute atomic E-state index is 8.77. The maximum atomic E-state index is 8.77. The summed E-state index contributed by atoms with van der Waals surface area (Å²) in [4.78, 5) is 6.52. The van der Waals surface area contributed by atoms with Crippen molar-refractivity contribution < 1.29 is 9.63 Å². The molecule has 0 fully saturated rings. The first-order valence-electron chi connectivity index (χ1n) is 6.12. The van der Waals surface area contributed by atoms with Gasteiger partial charge in [-0.1, -0.05) is 19.0 Å². The second kappa shape index (κ2) is 7.37. The standard InChI is InChI=1S/C11H22N4O2/c1-3-15(4-2)7-5-10-13-11(17-14-10)9(12)6-8-16/h9,16H,3-8,12H2,1-2H3. The fraction of sp³-hybridized carbons (Fsp3) is 0.818. The van der Waals surface area contributed by atoms with Gasteiger partial charge in [-0.3, -0.25) is 0 Å². The summed E-state index contributed by atoms with van der Waals surface area (Å²) in [5, 5.41) is 12.7. The number of aromatic nitrogens is 2. The van der Waals surface area contributed by atoms with Crippen LogP contribution in [0.15, 0.2) is 4.52 Å². The zero-order valence-electron chi connectivity index (χ0n) is 10.6. The topological polar surface area (TPSA) is 88.4 Å². The van der Waals surface area contributed by atoms with Crippen molar-refractivity contribution in [2.45, 2.75) is 32.7 Å². The van der Waals surface area contributed by atoms with E-state index >= 15 is 0 Å². The van der Waals surface area contributed by atoms with Crippen LogP contribution in [0.3, 0.4) is 0 Å². The lowest BCUT2D eigenvalue weighted by Gasteiger charge is -2.16. The van der Waals surface area contributed by atoms with Crippen LogP contribution in [0.4, 0.5) is 0 Å². The van der Waals surface area contributed by atoms with Crippen molar-refractivity contribution in [2.75, 3.05) is 26.2 Å². The van der Waals surface area contributed by atoms with Crippen LogP contribution >= 0.6 is 0 Å². The van der Waals surface area contributed by atoms with Gasteiger partial charge in [0, 0.05) is 19.6 Å². The molecule has 0 bridgehead atoms. The fourth-order valence-corrected chi connectivity index (χ4v) is 1.58. The van der Waals surface area contributed by atoms with Gasteiger partial charge in [0.25, 0.3) is 0 Å². The van der Waals surface area contributed by atoms with Crippen LogP contribution in [-0.4, -0.2) is 46.4 Å². The zero-order valence-corrected chi connectivity index (χ0v) is 10.6. The minimum absolute atomic E-state index is 0.0261. The summed E-state index contributed by atoms with van der Waals surface area (Å²) in [5.74, 6) is 1.09. The Balaban J connectivity index is 2.45. The SMILES string of the molecule is CCN(CC)CCc1noc(C(N)CCO)n1. The van der Waals surface area contributed by atoms with E-state index in [0.29, 0.717) is 18.1 Å². The molecule has 0 aliphatic carbocycles. The van der Waals surface area contributed by atoms with Crippen LogP contribution in [-0.2, 0) is 6.42 Å². The molecule has 0 saturated heterocycles. The minimum Gasteiger partial charge on any atom is -0.396 e. The monoisotopic (exact) mass is 242 g/mol. The number of hydrogen-bond donors (Lipinski definition) is 2. The molecular weight excluding hydrogens is 220 g/mol. The van der Waals surface area contributed by atoms with Gasteiger partial charge in [-0.15, -0.1) is 0 Å². The van der Waals surface area contributed by atoms with Crippen LogP contribution in [0, 0.1) is 0 Å². The Morgan fingerprint density at radius 1 is 1.41 bits per heavy atom. The molecule has 3 N–H and O–H groups in total. The highest BCUT2D eigenvalue weighted by Gasteiger charge is 2.14. The van der Waals surface area contributed by atoms with Gasteiger partial charge in [-0.2, -0.15) is 4.98 Å². The highest BCUT2D eigenvalue weighted by molar-refractivity contribution is 4.92. The second-order valence-corrected chi connectivity index (χ2v) is 3.94. The Morgan fingerprint density at radius 3 is 2.71 bits per heavy atom. The van der Waals surface area contributed by atoms with Crippen molar-refractivity contribution in [1.82, 2.24) is 15.0 Å². The number of nitrogens with zero attached hydrogens (tertiary/aromatic N) is 3. The maximum Gasteiger partial charge on any atom is 0.243 e. The van der Waals surface area contributed by atoms with E-state index in [1.165, 1.54) is 0 Å². The van der Waals surface area contributed by atoms with Gasteiger partial charge in [0.05, 0.1) is 6.04 Å². The van der Waals surface area contributed by atoms with Crippen LogP contribution in [0.5, 0.6) is 0 Å². The Hall–Kier alpha value is -0.980. The molecule has 0 aliphatic rings. The second-order valence-electron chi connectivity index (χ2n) is 3.94. The molecular formula is C11H22N4O2. The van der Waals surface area contributed by atoms with Gasteiger partial charge < -0.3 is 20.3 Å². The van der Waals surface area contributed by atoms with Crippen molar-refractivity contribution in [3.8, 4) is 0 Å². The Bertz CT molecular complexity index is 312. The molecule has 0 spiro atoms. The van der Waals surface area contributed by atoms with Crippen LogP contribution in [0.1, 0.15) is 38.0 Å². The molecule has 1 heterocycles. The fourth-order valence-electron chi connectivity index (χ4n) is 1.58. The van der Waals surface area contributed by atoms with Gasteiger partial charge in [0.1, 0.15) is 0 Å². The number of hydrogen-bond acceptors (Lipinski definition) is 6. The largest absolute Gasteiger partial charge is 0.396 e. The van der Waals surface area contributed by atoms with Gasteiger partial charge >= 0.3 is 0 Å². The summed E-state index contributed by atoms with van der Waals surface area (Å²) in [6.07, 6.45) is 1.20. The molecule has 0 amide bonds. The van der Waals surface area contributed by atoms with E-state index in [1.54, 1.807) is 0 Å². The van der Waals surface area contributed by atoms with E-state index in [2.05, 4.69) is 28.9 Å². The highest BCUT2D eigenvalue weighted by Crippen LogP contribution is 2.11. The summed E-state index contributed by atoms with van der Waals surface area (Å²) in [5.41, 5.74) is 5.76. The van der Waals surface area contributed by atoms with Crippen LogP contribution in [0.2, 0.25) is 0 Å². The first kappa shape index (κ1) is 14.1. The Morgan fingerprint density at radius 2 is 2.12 bits per heavy atom. The molecule has 1 atom stereocenters. The average Bonchev–Trinajstić information content (AvgIpc) is 2.79. The van der Waals surface area contributed by atoms with Gasteiger partial charge in [0.2, 0.25) is 5.89 Å². The van der Waals surface area contributed by atoms with Crippen molar-refractivity contribution in [3.05, 3.63) is 11.7 Å². The molecule has 1 unspecified atom stereocenters. The predicted molar refractivity (Wildman–Crippen MR) is 64.4 cm³/mol. The van der Waals surface area contributed by atoms with Gasteiger partial charge in [0.15, 0.2) is 5.82 Å². The third kappa shape index (κ3) is 4.41. The summed E-state index contributed by atoms with van der Waals surface area (Å²) >= 11 is 0. The molecule has 98 valence electrons. The first-order valence-corrected chi connectivity index (χ1v) is 6.12. The van der Waals surface area contributed by atoms with Crippen LogP contribution < -0.4 is 5.73 Å². The molecule has 0 saturated carbocycles. The molecule has 0 radical (unpaired) electrons. The van der Waals surface area contributed by atoms with Crippen molar-refractivity contribution in [1.29, 1.82) is 0 Å². The van der Waals surface area contributed by atoms with Crippen molar-refractivity contribution in [3.63, 3.8) is 0 Å².